The standard InChI is InChI=1S/C19H19N7O2/c1-3-4-11-26-15-16(23-18(26)22-10-9-20)24-19(25(2)17(15)27)28-14-7-5-13(12-21)6-8-14/h5-8H,9-11,20H2,1-2H3,(H,22,23). The van der Waals surface area contributed by atoms with E-state index >= 15 is 0 Å². The molecular formula is C19H19N7O2. The zero-order valence-corrected chi connectivity index (χ0v) is 15.6. The second kappa shape index (κ2) is 8.25. The van der Waals surface area contributed by atoms with Crippen LogP contribution in [0.1, 0.15) is 12.5 Å². The van der Waals surface area contributed by atoms with Crippen LogP contribution in [0.2, 0.25) is 0 Å². The Kier molecular flexibility index (Phi) is 5.58. The Hall–Kier alpha value is -3.82. The molecule has 9 nitrogen and oxygen atoms in total. The predicted molar refractivity (Wildman–Crippen MR) is 105 cm³/mol. The number of benzene rings is 1. The van der Waals surface area contributed by atoms with Gasteiger partial charge in [-0.1, -0.05) is 5.92 Å². The summed E-state index contributed by atoms with van der Waals surface area (Å²) in [4.78, 5) is 21.8. The first kappa shape index (κ1) is 19.0. The molecule has 0 atom stereocenters. The molecule has 0 bridgehead atoms. The molecule has 0 aliphatic carbocycles. The molecule has 0 spiro atoms. The number of rotatable bonds is 6. The highest BCUT2D eigenvalue weighted by Gasteiger charge is 2.19. The van der Waals surface area contributed by atoms with Crippen molar-refractivity contribution in [3.05, 3.63) is 40.2 Å². The van der Waals surface area contributed by atoms with Crippen LogP contribution < -0.4 is 21.3 Å². The summed E-state index contributed by atoms with van der Waals surface area (Å²) in [7, 11) is 1.57. The minimum Gasteiger partial charge on any atom is -0.425 e. The van der Waals surface area contributed by atoms with Crippen LogP contribution in [0.4, 0.5) is 5.95 Å². The lowest BCUT2D eigenvalue weighted by Crippen LogP contribution is -2.22. The van der Waals surface area contributed by atoms with Crippen LogP contribution in [0.15, 0.2) is 29.1 Å². The average Bonchev–Trinajstić information content (AvgIpc) is 3.06. The molecule has 1 aromatic carbocycles. The highest BCUT2D eigenvalue weighted by atomic mass is 16.5. The molecule has 0 amide bonds. The lowest BCUT2D eigenvalue weighted by molar-refractivity contribution is 0.415. The second-order valence-corrected chi connectivity index (χ2v) is 5.83. The van der Waals surface area contributed by atoms with Gasteiger partial charge in [-0.3, -0.25) is 13.9 Å². The number of imidazole rings is 1. The molecule has 0 aliphatic rings. The Labute approximate surface area is 161 Å². The van der Waals surface area contributed by atoms with Crippen molar-refractivity contribution in [1.82, 2.24) is 19.1 Å². The molecule has 3 rings (SSSR count). The SMILES string of the molecule is CC#CCn1c(NCCN)nc2nc(Oc3ccc(C#N)cc3)n(C)c(=O)c21. The van der Waals surface area contributed by atoms with Crippen LogP contribution in [0.25, 0.3) is 11.2 Å². The van der Waals surface area contributed by atoms with E-state index in [1.807, 2.05) is 6.07 Å². The van der Waals surface area contributed by atoms with Gasteiger partial charge < -0.3 is 15.8 Å². The van der Waals surface area contributed by atoms with E-state index < -0.39 is 0 Å². The molecule has 3 aromatic rings. The van der Waals surface area contributed by atoms with Crippen molar-refractivity contribution in [2.45, 2.75) is 13.5 Å². The van der Waals surface area contributed by atoms with E-state index in [-0.39, 0.29) is 17.2 Å². The fraction of sp³-hybridized carbons (Fsp3) is 0.263. The molecule has 0 saturated heterocycles. The topological polar surface area (TPSA) is 124 Å². The maximum Gasteiger partial charge on any atom is 0.306 e. The van der Waals surface area contributed by atoms with Crippen molar-refractivity contribution in [3.63, 3.8) is 0 Å². The predicted octanol–water partition coefficient (Wildman–Crippen LogP) is 1.19. The summed E-state index contributed by atoms with van der Waals surface area (Å²) < 4.78 is 8.73. The molecule has 2 heterocycles. The van der Waals surface area contributed by atoms with E-state index in [0.717, 1.165) is 0 Å². The zero-order chi connectivity index (χ0) is 20.1. The van der Waals surface area contributed by atoms with E-state index in [0.29, 0.717) is 42.4 Å². The fourth-order valence-corrected chi connectivity index (χ4v) is 2.57. The number of fused-ring (bicyclic) bond motifs is 1. The quantitative estimate of drug-likeness (QED) is 0.618. The molecule has 3 N–H and O–H groups in total. The van der Waals surface area contributed by atoms with Crippen LogP contribution in [-0.4, -0.2) is 32.2 Å². The smallest absolute Gasteiger partial charge is 0.306 e. The van der Waals surface area contributed by atoms with Crippen LogP contribution >= 0.6 is 0 Å². The number of nitrogens with one attached hydrogen (secondary N) is 1. The maximum absolute atomic E-state index is 12.9. The summed E-state index contributed by atoms with van der Waals surface area (Å²) in [6.07, 6.45) is 0. The third kappa shape index (κ3) is 3.65. The Morgan fingerprint density at radius 3 is 2.68 bits per heavy atom. The number of ether oxygens (including phenoxy) is 1. The number of nitriles is 1. The highest BCUT2D eigenvalue weighted by molar-refractivity contribution is 5.74. The fourth-order valence-electron chi connectivity index (χ4n) is 2.57. The van der Waals surface area contributed by atoms with Gasteiger partial charge in [-0.15, -0.1) is 5.92 Å². The summed E-state index contributed by atoms with van der Waals surface area (Å²) in [5.74, 6) is 6.69. The highest BCUT2D eigenvalue weighted by Crippen LogP contribution is 2.22. The summed E-state index contributed by atoms with van der Waals surface area (Å²) >= 11 is 0. The first-order valence-corrected chi connectivity index (χ1v) is 8.57. The van der Waals surface area contributed by atoms with Gasteiger partial charge >= 0.3 is 6.01 Å². The first-order chi connectivity index (χ1) is 13.6. The number of aromatic nitrogens is 4. The van der Waals surface area contributed by atoms with Gasteiger partial charge in [-0.2, -0.15) is 15.2 Å². The van der Waals surface area contributed by atoms with Crippen LogP contribution in [0.3, 0.4) is 0 Å². The van der Waals surface area contributed by atoms with Gasteiger partial charge in [0.05, 0.1) is 18.2 Å². The zero-order valence-electron chi connectivity index (χ0n) is 15.6. The summed E-state index contributed by atoms with van der Waals surface area (Å²) in [6.45, 7) is 2.94. The van der Waals surface area contributed by atoms with Crippen molar-refractivity contribution in [2.75, 3.05) is 18.4 Å². The summed E-state index contributed by atoms with van der Waals surface area (Å²) in [6, 6.07) is 8.66. The van der Waals surface area contributed by atoms with Crippen molar-refractivity contribution in [3.8, 4) is 29.7 Å². The normalized spacial score (nSPS) is 10.2. The maximum atomic E-state index is 12.9. The van der Waals surface area contributed by atoms with Crippen LogP contribution in [0.5, 0.6) is 11.8 Å². The molecule has 2 aromatic heterocycles. The van der Waals surface area contributed by atoms with E-state index in [1.54, 1.807) is 42.8 Å². The van der Waals surface area contributed by atoms with Gasteiger partial charge in [0.2, 0.25) is 5.95 Å². The Morgan fingerprint density at radius 2 is 2.04 bits per heavy atom. The Morgan fingerprint density at radius 1 is 1.29 bits per heavy atom. The summed E-state index contributed by atoms with van der Waals surface area (Å²) in [5.41, 5.74) is 6.35. The molecule has 9 heteroatoms. The molecular weight excluding hydrogens is 358 g/mol. The molecule has 0 radical (unpaired) electrons. The van der Waals surface area contributed by atoms with Gasteiger partial charge in [0.15, 0.2) is 11.2 Å². The van der Waals surface area contributed by atoms with Crippen LogP contribution in [-0.2, 0) is 13.6 Å². The van der Waals surface area contributed by atoms with E-state index in [2.05, 4.69) is 27.1 Å². The number of hydrogen-bond acceptors (Lipinski definition) is 7. The number of nitrogens with two attached hydrogens (primary N) is 1. The lowest BCUT2D eigenvalue weighted by Gasteiger charge is -2.09. The minimum atomic E-state index is -0.306. The monoisotopic (exact) mass is 377 g/mol. The molecule has 0 aliphatic heterocycles. The summed E-state index contributed by atoms with van der Waals surface area (Å²) in [5, 5.41) is 12.0. The molecule has 142 valence electrons. The third-order valence-corrected chi connectivity index (χ3v) is 3.98. The molecule has 28 heavy (non-hydrogen) atoms. The molecule has 0 saturated carbocycles. The number of nitrogens with zero attached hydrogens (tertiary/aromatic N) is 5. The van der Waals surface area contributed by atoms with Gasteiger partial charge in [-0.05, 0) is 31.2 Å². The van der Waals surface area contributed by atoms with Crippen LogP contribution in [0, 0.1) is 23.2 Å². The largest absolute Gasteiger partial charge is 0.425 e. The van der Waals surface area contributed by atoms with Gasteiger partial charge in [0.1, 0.15) is 5.75 Å². The van der Waals surface area contributed by atoms with Crippen molar-refractivity contribution >= 4 is 17.1 Å². The minimum absolute atomic E-state index is 0.0961. The van der Waals surface area contributed by atoms with Gasteiger partial charge in [-0.25, -0.2) is 0 Å². The van der Waals surface area contributed by atoms with E-state index in [1.165, 1.54) is 4.57 Å². The van der Waals surface area contributed by atoms with Crippen molar-refractivity contribution in [1.29, 1.82) is 5.26 Å². The van der Waals surface area contributed by atoms with E-state index in [4.69, 9.17) is 15.7 Å². The third-order valence-electron chi connectivity index (χ3n) is 3.98. The van der Waals surface area contributed by atoms with Gasteiger partial charge in [0, 0.05) is 20.1 Å². The first-order valence-electron chi connectivity index (χ1n) is 8.57. The molecule has 0 fully saturated rings. The van der Waals surface area contributed by atoms with Crippen molar-refractivity contribution in [2.24, 2.45) is 12.8 Å². The van der Waals surface area contributed by atoms with Crippen molar-refractivity contribution < 1.29 is 4.74 Å². The Balaban J connectivity index is 2.08. The van der Waals surface area contributed by atoms with E-state index in [9.17, 15) is 4.79 Å². The lowest BCUT2D eigenvalue weighted by atomic mass is 10.2. The molecule has 0 unspecified atom stereocenters. The van der Waals surface area contributed by atoms with Gasteiger partial charge in [0.25, 0.3) is 5.56 Å². The average molecular weight is 377 g/mol. The Bertz CT molecular complexity index is 1160. The second-order valence-electron chi connectivity index (χ2n) is 5.83. The number of anilines is 1. The number of hydrogen-bond donors (Lipinski definition) is 2.